The summed E-state index contributed by atoms with van der Waals surface area (Å²) in [5.41, 5.74) is -0.0130. The van der Waals surface area contributed by atoms with Crippen LogP contribution in [0.1, 0.15) is 32.1 Å². The van der Waals surface area contributed by atoms with Crippen LogP contribution >= 0.6 is 11.6 Å². The lowest BCUT2D eigenvalue weighted by Gasteiger charge is -2.12. The standard InChI is InChI=1S/C13H15ClFNO3/c1-9(14)13(17)12(16(18)19)11(15)8-7-10-5-3-2-4-6-10/h7-8,17H,1-6H2/b11-8-,13-12-. The molecule has 6 heteroatoms. The second kappa shape index (κ2) is 7.09. The molecule has 0 aliphatic heterocycles. The third-order valence-electron chi connectivity index (χ3n) is 2.85. The van der Waals surface area contributed by atoms with Gasteiger partial charge in [-0.15, -0.1) is 0 Å². The number of hydrogen-bond acceptors (Lipinski definition) is 3. The van der Waals surface area contributed by atoms with E-state index in [2.05, 4.69) is 6.58 Å². The molecule has 0 spiro atoms. The zero-order valence-corrected chi connectivity index (χ0v) is 11.1. The molecule has 0 aromatic rings. The SMILES string of the molecule is C=C(Cl)/C(O)=C(\C(F)=C\C=C1CCCCC1)[N+](=O)[O-]. The van der Waals surface area contributed by atoms with Gasteiger partial charge in [0.1, 0.15) is 0 Å². The van der Waals surface area contributed by atoms with Gasteiger partial charge in [0.2, 0.25) is 11.6 Å². The monoisotopic (exact) mass is 287 g/mol. The first-order valence-electron chi connectivity index (χ1n) is 5.91. The quantitative estimate of drug-likeness (QED) is 0.357. The van der Waals surface area contributed by atoms with Crippen LogP contribution in [0, 0.1) is 10.1 Å². The average Bonchev–Trinajstić information content (AvgIpc) is 2.37. The highest BCUT2D eigenvalue weighted by molar-refractivity contribution is 6.31. The van der Waals surface area contributed by atoms with E-state index in [1.165, 1.54) is 6.08 Å². The zero-order chi connectivity index (χ0) is 14.4. The van der Waals surface area contributed by atoms with E-state index >= 15 is 0 Å². The summed E-state index contributed by atoms with van der Waals surface area (Å²) in [5.74, 6) is -2.09. The van der Waals surface area contributed by atoms with Crippen LogP contribution in [0.15, 0.2) is 46.6 Å². The second-order valence-corrected chi connectivity index (χ2v) is 4.72. The maximum absolute atomic E-state index is 13.7. The number of rotatable bonds is 4. The van der Waals surface area contributed by atoms with E-state index in [9.17, 15) is 19.6 Å². The molecule has 0 amide bonds. The number of hydrogen-bond donors (Lipinski definition) is 1. The van der Waals surface area contributed by atoms with E-state index in [0.717, 1.165) is 43.8 Å². The van der Waals surface area contributed by atoms with Gasteiger partial charge < -0.3 is 5.11 Å². The van der Waals surface area contributed by atoms with Gasteiger partial charge in [0, 0.05) is 0 Å². The normalized spacial score (nSPS) is 17.8. The lowest BCUT2D eigenvalue weighted by molar-refractivity contribution is -0.425. The van der Waals surface area contributed by atoms with E-state index < -0.39 is 27.2 Å². The molecule has 1 N–H and O–H groups in total. The van der Waals surface area contributed by atoms with Crippen LogP contribution in [0.5, 0.6) is 0 Å². The van der Waals surface area contributed by atoms with Gasteiger partial charge in [0.15, 0.2) is 0 Å². The van der Waals surface area contributed by atoms with E-state index in [4.69, 9.17) is 11.6 Å². The largest absolute Gasteiger partial charge is 0.501 e. The van der Waals surface area contributed by atoms with Crippen molar-refractivity contribution in [1.82, 2.24) is 0 Å². The van der Waals surface area contributed by atoms with E-state index in [0.29, 0.717) is 0 Å². The van der Waals surface area contributed by atoms with E-state index in [1.807, 2.05) is 0 Å². The number of allylic oxidation sites excluding steroid dienone is 5. The fourth-order valence-electron chi connectivity index (χ4n) is 1.86. The van der Waals surface area contributed by atoms with Crippen LogP contribution in [-0.2, 0) is 0 Å². The Kier molecular flexibility index (Phi) is 5.76. The minimum atomic E-state index is -1.14. The van der Waals surface area contributed by atoms with Crippen molar-refractivity contribution >= 4 is 11.6 Å². The third-order valence-corrected chi connectivity index (χ3v) is 3.03. The smallest absolute Gasteiger partial charge is 0.347 e. The molecule has 104 valence electrons. The van der Waals surface area contributed by atoms with E-state index in [-0.39, 0.29) is 0 Å². The number of nitro groups is 1. The summed E-state index contributed by atoms with van der Waals surface area (Å²) in [6.07, 6.45) is 7.50. The third kappa shape index (κ3) is 4.52. The Bertz CT molecular complexity index is 472. The fraction of sp³-hybridized carbons (Fsp3) is 0.385. The molecular formula is C13H15ClFNO3. The molecule has 1 rings (SSSR count). The first-order chi connectivity index (χ1) is 8.93. The summed E-state index contributed by atoms with van der Waals surface area (Å²) in [6.45, 7) is 3.13. The predicted octanol–water partition coefficient (Wildman–Crippen LogP) is 4.53. The highest BCUT2D eigenvalue weighted by Gasteiger charge is 2.25. The van der Waals surface area contributed by atoms with Crippen LogP contribution in [0.4, 0.5) is 4.39 Å². The van der Waals surface area contributed by atoms with Crippen molar-refractivity contribution in [1.29, 1.82) is 0 Å². The molecule has 0 bridgehead atoms. The first-order valence-corrected chi connectivity index (χ1v) is 6.29. The molecule has 1 saturated carbocycles. The maximum Gasteiger partial charge on any atom is 0.347 e. The van der Waals surface area contributed by atoms with Gasteiger partial charge in [-0.3, -0.25) is 10.1 Å². The van der Waals surface area contributed by atoms with Gasteiger partial charge in [-0.25, -0.2) is 0 Å². The molecule has 0 radical (unpaired) electrons. The molecule has 19 heavy (non-hydrogen) atoms. The Labute approximate surface area is 115 Å². The number of aliphatic hydroxyl groups is 1. The molecule has 0 aromatic carbocycles. The minimum Gasteiger partial charge on any atom is -0.501 e. The Morgan fingerprint density at radius 1 is 1.42 bits per heavy atom. The van der Waals surface area contributed by atoms with Crippen molar-refractivity contribution in [3.63, 3.8) is 0 Å². The predicted molar refractivity (Wildman–Crippen MR) is 72.0 cm³/mol. The topological polar surface area (TPSA) is 63.4 Å². The Balaban J connectivity index is 3.00. The Morgan fingerprint density at radius 3 is 2.47 bits per heavy atom. The molecular weight excluding hydrogens is 273 g/mol. The molecule has 1 aliphatic rings. The summed E-state index contributed by atoms with van der Waals surface area (Å²) < 4.78 is 13.7. The van der Waals surface area contributed by atoms with Gasteiger partial charge in [-0.05, 0) is 31.8 Å². The lowest BCUT2D eigenvalue weighted by Crippen LogP contribution is -2.04. The van der Waals surface area contributed by atoms with Crippen LogP contribution in [0.3, 0.4) is 0 Å². The summed E-state index contributed by atoms with van der Waals surface area (Å²) in [6, 6.07) is 0. The number of halogens is 2. The molecule has 0 saturated heterocycles. The molecule has 0 heterocycles. The Morgan fingerprint density at radius 2 is 2.00 bits per heavy atom. The molecule has 0 unspecified atom stereocenters. The van der Waals surface area contributed by atoms with E-state index in [1.54, 1.807) is 0 Å². The van der Waals surface area contributed by atoms with Gasteiger partial charge in [-0.2, -0.15) is 4.39 Å². The first kappa shape index (κ1) is 15.4. The number of nitrogens with zero attached hydrogens (tertiary/aromatic N) is 1. The van der Waals surface area contributed by atoms with Crippen molar-refractivity contribution in [2.75, 3.05) is 0 Å². The Hall–Kier alpha value is -1.62. The van der Waals surface area contributed by atoms with Gasteiger partial charge in [-0.1, -0.05) is 36.2 Å². The van der Waals surface area contributed by atoms with Crippen molar-refractivity contribution in [2.24, 2.45) is 0 Å². The molecule has 0 aromatic heterocycles. The van der Waals surface area contributed by atoms with Crippen molar-refractivity contribution in [3.8, 4) is 0 Å². The van der Waals surface area contributed by atoms with Crippen molar-refractivity contribution < 1.29 is 14.4 Å². The van der Waals surface area contributed by atoms with Crippen LogP contribution < -0.4 is 0 Å². The molecule has 1 fully saturated rings. The van der Waals surface area contributed by atoms with Gasteiger partial charge in [0.05, 0.1) is 9.96 Å². The fourth-order valence-corrected chi connectivity index (χ4v) is 1.95. The van der Waals surface area contributed by atoms with Crippen LogP contribution in [0.25, 0.3) is 0 Å². The van der Waals surface area contributed by atoms with Crippen molar-refractivity contribution in [3.05, 3.63) is 56.7 Å². The molecule has 0 atom stereocenters. The maximum atomic E-state index is 13.7. The highest BCUT2D eigenvalue weighted by Crippen LogP contribution is 2.25. The molecule has 1 aliphatic carbocycles. The van der Waals surface area contributed by atoms with Crippen LogP contribution in [0.2, 0.25) is 0 Å². The summed E-state index contributed by atoms with van der Waals surface area (Å²) in [4.78, 5) is 9.70. The highest BCUT2D eigenvalue weighted by atomic mass is 35.5. The van der Waals surface area contributed by atoms with Gasteiger partial charge >= 0.3 is 5.70 Å². The van der Waals surface area contributed by atoms with Crippen molar-refractivity contribution in [2.45, 2.75) is 32.1 Å². The van der Waals surface area contributed by atoms with Crippen LogP contribution in [-0.4, -0.2) is 10.0 Å². The summed E-state index contributed by atoms with van der Waals surface area (Å²) in [5, 5.41) is 19.6. The van der Waals surface area contributed by atoms with Gasteiger partial charge in [0.25, 0.3) is 0 Å². The number of aliphatic hydroxyl groups excluding tert-OH is 1. The minimum absolute atomic E-state index is 0.472. The average molecular weight is 288 g/mol. The zero-order valence-electron chi connectivity index (χ0n) is 10.4. The second-order valence-electron chi connectivity index (χ2n) is 4.26. The lowest BCUT2D eigenvalue weighted by atomic mass is 9.94. The molecule has 4 nitrogen and oxygen atoms in total. The summed E-state index contributed by atoms with van der Waals surface area (Å²) in [7, 11) is 0. The summed E-state index contributed by atoms with van der Waals surface area (Å²) >= 11 is 5.34.